The van der Waals surface area contributed by atoms with E-state index in [0.29, 0.717) is 6.42 Å². The second kappa shape index (κ2) is 9.35. The first kappa shape index (κ1) is 22.4. The molecule has 3 N–H and O–H groups in total. The first-order valence-corrected chi connectivity index (χ1v) is 11.4. The van der Waals surface area contributed by atoms with E-state index in [4.69, 9.17) is 9.47 Å². The molecule has 32 heavy (non-hydrogen) atoms. The van der Waals surface area contributed by atoms with Gasteiger partial charge in [0.05, 0.1) is 19.8 Å². The number of benzene rings is 3. The third-order valence-corrected chi connectivity index (χ3v) is 7.40. The van der Waals surface area contributed by atoms with Crippen molar-refractivity contribution in [2.75, 3.05) is 14.2 Å². The highest BCUT2D eigenvalue weighted by Gasteiger charge is 2.54. The highest BCUT2D eigenvalue weighted by atomic mass is 16.5. The lowest BCUT2D eigenvalue weighted by atomic mass is 9.64. The number of ether oxygens (including phenoxy) is 2. The van der Waals surface area contributed by atoms with Gasteiger partial charge in [-0.25, -0.2) is 0 Å². The van der Waals surface area contributed by atoms with Crippen molar-refractivity contribution in [2.45, 2.75) is 38.0 Å². The Labute approximate surface area is 191 Å². The average Bonchev–Trinajstić information content (AvgIpc) is 2.84. The zero-order valence-electron chi connectivity index (χ0n) is 19.4. The van der Waals surface area contributed by atoms with Crippen LogP contribution < -0.4 is 14.8 Å². The van der Waals surface area contributed by atoms with Gasteiger partial charge in [0, 0.05) is 29.4 Å². The first-order chi connectivity index (χ1) is 15.5. The molecule has 1 fully saturated rings. The topological polar surface area (TPSA) is 55.3 Å². The van der Waals surface area contributed by atoms with Crippen LogP contribution in [-0.2, 0) is 6.42 Å². The second-order valence-corrected chi connectivity index (χ2v) is 9.02. The van der Waals surface area contributed by atoms with Crippen LogP contribution in [0.3, 0.4) is 0 Å². The fourth-order valence-electron chi connectivity index (χ4n) is 5.29. The summed E-state index contributed by atoms with van der Waals surface area (Å²) in [4.78, 5) is 0. The molecule has 0 amide bonds. The Morgan fingerprint density at radius 1 is 0.719 bits per heavy atom. The number of hydrogen-bond donors (Lipinski definition) is 2. The quantitative estimate of drug-likeness (QED) is 0.610. The summed E-state index contributed by atoms with van der Waals surface area (Å²) in [6.45, 7) is 4.38. The van der Waals surface area contributed by atoms with Gasteiger partial charge in [0.25, 0.3) is 0 Å². The summed E-state index contributed by atoms with van der Waals surface area (Å²) >= 11 is 0. The Bertz CT molecular complexity index is 942. The lowest BCUT2D eigenvalue weighted by Crippen LogP contribution is -2.93. The molecule has 4 rings (SSSR count). The van der Waals surface area contributed by atoms with Crippen LogP contribution >= 0.6 is 0 Å². The van der Waals surface area contributed by atoms with Crippen LogP contribution in [0.5, 0.6) is 11.5 Å². The van der Waals surface area contributed by atoms with Crippen molar-refractivity contribution in [3.63, 3.8) is 0 Å². The molecule has 0 aromatic heterocycles. The smallest absolute Gasteiger partial charge is 0.118 e. The monoisotopic (exact) mass is 432 g/mol. The van der Waals surface area contributed by atoms with Gasteiger partial charge in [-0.15, -0.1) is 0 Å². The summed E-state index contributed by atoms with van der Waals surface area (Å²) in [7, 11) is 3.37. The third-order valence-electron chi connectivity index (χ3n) is 7.40. The summed E-state index contributed by atoms with van der Waals surface area (Å²) in [6.07, 6.45) is 0.628. The van der Waals surface area contributed by atoms with E-state index in [1.807, 2.05) is 42.5 Å². The highest BCUT2D eigenvalue weighted by Crippen LogP contribution is 2.44. The standard InChI is InChI=1S/C28H33NO3/c1-19-26(22-10-14-24(31-3)15-11-22)29-27(23-12-16-25(32-4)17-13-23)20(2)28(19,30)18-21-8-6-5-7-9-21/h5-17,19-20,26-27,29-30H,18H2,1-4H3/p+1/t19-,20-,26-,27+,28?/m0/s1. The molecule has 0 radical (unpaired) electrons. The lowest BCUT2D eigenvalue weighted by molar-refractivity contribution is -0.764. The Hall–Kier alpha value is -2.82. The van der Waals surface area contributed by atoms with Gasteiger partial charge in [-0.05, 0) is 54.1 Å². The molecule has 3 aromatic rings. The number of hydrogen-bond acceptors (Lipinski definition) is 3. The van der Waals surface area contributed by atoms with E-state index in [1.54, 1.807) is 14.2 Å². The van der Waals surface area contributed by atoms with Crippen LogP contribution in [0, 0.1) is 11.8 Å². The molecule has 5 atom stereocenters. The van der Waals surface area contributed by atoms with Crippen molar-refractivity contribution in [3.05, 3.63) is 95.6 Å². The zero-order valence-corrected chi connectivity index (χ0v) is 19.4. The number of aliphatic hydroxyl groups is 1. The molecule has 1 aliphatic rings. The van der Waals surface area contributed by atoms with E-state index in [1.165, 1.54) is 11.1 Å². The minimum Gasteiger partial charge on any atom is -0.497 e. The summed E-state index contributed by atoms with van der Waals surface area (Å²) < 4.78 is 10.7. The first-order valence-electron chi connectivity index (χ1n) is 11.4. The molecule has 1 heterocycles. The van der Waals surface area contributed by atoms with Crippen molar-refractivity contribution < 1.29 is 19.9 Å². The van der Waals surface area contributed by atoms with Gasteiger partial charge < -0.3 is 19.9 Å². The van der Waals surface area contributed by atoms with E-state index >= 15 is 0 Å². The van der Waals surface area contributed by atoms with Crippen molar-refractivity contribution in [2.24, 2.45) is 11.8 Å². The van der Waals surface area contributed by atoms with Crippen LogP contribution in [0.15, 0.2) is 78.9 Å². The van der Waals surface area contributed by atoms with Crippen molar-refractivity contribution in [1.29, 1.82) is 0 Å². The SMILES string of the molecule is COc1ccc([C@H]2[NH2+][C@@H](c3ccc(OC)cc3)[C@H](C)C(O)(Cc3ccccc3)[C@H]2C)cc1. The largest absolute Gasteiger partial charge is 0.497 e. The molecule has 1 unspecified atom stereocenters. The van der Waals surface area contributed by atoms with Crippen LogP contribution in [0.4, 0.5) is 0 Å². The fraction of sp³-hybridized carbons (Fsp3) is 0.357. The minimum absolute atomic E-state index is 0.0561. The van der Waals surface area contributed by atoms with E-state index in [2.05, 4.69) is 55.6 Å². The predicted molar refractivity (Wildman–Crippen MR) is 127 cm³/mol. The van der Waals surface area contributed by atoms with Crippen molar-refractivity contribution in [1.82, 2.24) is 0 Å². The Morgan fingerprint density at radius 2 is 1.16 bits per heavy atom. The molecule has 0 aliphatic carbocycles. The van der Waals surface area contributed by atoms with E-state index in [9.17, 15) is 5.11 Å². The zero-order chi connectivity index (χ0) is 22.7. The third kappa shape index (κ3) is 4.25. The minimum atomic E-state index is -0.856. The maximum Gasteiger partial charge on any atom is 0.118 e. The molecule has 0 spiro atoms. The normalized spacial score (nSPS) is 27.7. The molecule has 1 aliphatic heterocycles. The molecule has 1 saturated heterocycles. The molecule has 168 valence electrons. The van der Waals surface area contributed by atoms with Gasteiger partial charge in [-0.1, -0.05) is 44.2 Å². The van der Waals surface area contributed by atoms with Gasteiger partial charge >= 0.3 is 0 Å². The van der Waals surface area contributed by atoms with Crippen LogP contribution in [0.2, 0.25) is 0 Å². The van der Waals surface area contributed by atoms with Gasteiger partial charge in [-0.2, -0.15) is 0 Å². The molecule has 4 heteroatoms. The van der Waals surface area contributed by atoms with Crippen LogP contribution in [0.25, 0.3) is 0 Å². The highest BCUT2D eigenvalue weighted by molar-refractivity contribution is 5.32. The summed E-state index contributed by atoms with van der Waals surface area (Å²) in [6, 6.07) is 27.1. The number of methoxy groups -OCH3 is 2. The van der Waals surface area contributed by atoms with Crippen molar-refractivity contribution in [3.8, 4) is 11.5 Å². The fourth-order valence-corrected chi connectivity index (χ4v) is 5.29. The number of nitrogens with two attached hydrogens (primary N) is 1. The van der Waals surface area contributed by atoms with Crippen LogP contribution in [0.1, 0.15) is 42.6 Å². The Kier molecular flexibility index (Phi) is 6.54. The van der Waals surface area contributed by atoms with Crippen molar-refractivity contribution >= 4 is 0 Å². The summed E-state index contributed by atoms with van der Waals surface area (Å²) in [5.41, 5.74) is 2.72. The molecule has 3 aromatic carbocycles. The Morgan fingerprint density at radius 3 is 1.56 bits per heavy atom. The van der Waals surface area contributed by atoms with E-state index in [0.717, 1.165) is 17.1 Å². The Balaban J connectivity index is 1.74. The van der Waals surface area contributed by atoms with Gasteiger partial charge in [0.1, 0.15) is 23.6 Å². The number of rotatable bonds is 6. The van der Waals surface area contributed by atoms with Gasteiger partial charge in [0.15, 0.2) is 0 Å². The van der Waals surface area contributed by atoms with Crippen LogP contribution in [-0.4, -0.2) is 24.9 Å². The summed E-state index contributed by atoms with van der Waals surface area (Å²) in [5, 5.41) is 14.7. The second-order valence-electron chi connectivity index (χ2n) is 9.02. The molecular formula is C28H34NO3+. The maximum absolute atomic E-state index is 12.3. The molecular weight excluding hydrogens is 398 g/mol. The lowest BCUT2D eigenvalue weighted by Gasteiger charge is -2.49. The summed E-state index contributed by atoms with van der Waals surface area (Å²) in [5.74, 6) is 1.80. The average molecular weight is 433 g/mol. The number of quaternary nitrogens is 1. The van der Waals surface area contributed by atoms with Gasteiger partial charge in [-0.3, -0.25) is 0 Å². The number of piperidine rings is 1. The molecule has 4 nitrogen and oxygen atoms in total. The molecule has 0 bridgehead atoms. The van der Waals surface area contributed by atoms with Gasteiger partial charge in [0.2, 0.25) is 0 Å². The van der Waals surface area contributed by atoms with E-state index < -0.39 is 5.60 Å². The maximum atomic E-state index is 12.3. The van der Waals surface area contributed by atoms with E-state index in [-0.39, 0.29) is 23.9 Å². The molecule has 0 saturated carbocycles. The predicted octanol–water partition coefficient (Wildman–Crippen LogP) is 4.31.